The Hall–Kier alpha value is -1.46. The number of carbonyl (C=O) groups excluding carboxylic acids is 1. The number of unbranched alkanes of at least 4 members (excludes halogenated alkanes) is 1. The molecule has 0 heterocycles. The predicted molar refractivity (Wildman–Crippen MR) is 79.6 cm³/mol. The molecule has 1 rings (SSSR count). The van der Waals surface area contributed by atoms with Gasteiger partial charge in [0.25, 0.3) is 0 Å². The molecule has 1 aromatic carbocycles. The highest BCUT2D eigenvalue weighted by Gasteiger charge is 2.20. The molecule has 7 heteroatoms. The van der Waals surface area contributed by atoms with Crippen LogP contribution in [0, 0.1) is 0 Å². The number of halogens is 2. The summed E-state index contributed by atoms with van der Waals surface area (Å²) < 4.78 is 0. The first-order valence-corrected chi connectivity index (χ1v) is 6.95. The van der Waals surface area contributed by atoms with Crippen molar-refractivity contribution in [2.45, 2.75) is 32.2 Å². The molecule has 0 radical (unpaired) electrons. The van der Waals surface area contributed by atoms with Crippen molar-refractivity contribution in [2.24, 2.45) is 0 Å². The van der Waals surface area contributed by atoms with Crippen LogP contribution in [0.25, 0.3) is 0 Å². The van der Waals surface area contributed by atoms with Crippen LogP contribution in [0.2, 0.25) is 10.0 Å². The van der Waals surface area contributed by atoms with E-state index in [0.29, 0.717) is 12.8 Å². The first-order valence-electron chi connectivity index (χ1n) is 6.20. The Labute approximate surface area is 127 Å². The lowest BCUT2D eigenvalue weighted by Crippen LogP contribution is -2.43. The van der Waals surface area contributed by atoms with Crippen molar-refractivity contribution in [2.75, 3.05) is 5.32 Å². The molecule has 5 nitrogen and oxygen atoms in total. The lowest BCUT2D eigenvalue weighted by atomic mass is 10.1. The Morgan fingerprint density at radius 1 is 1.30 bits per heavy atom. The Balaban J connectivity index is 2.68. The Morgan fingerprint density at radius 3 is 2.40 bits per heavy atom. The lowest BCUT2D eigenvalue weighted by Gasteiger charge is -2.15. The van der Waals surface area contributed by atoms with E-state index in [1.165, 1.54) is 0 Å². The van der Waals surface area contributed by atoms with Gasteiger partial charge in [-0.15, -0.1) is 0 Å². The van der Waals surface area contributed by atoms with E-state index in [4.69, 9.17) is 28.3 Å². The van der Waals surface area contributed by atoms with E-state index in [9.17, 15) is 9.59 Å². The number of carboxylic acids is 1. The maximum atomic E-state index is 11.8. The van der Waals surface area contributed by atoms with Crippen LogP contribution < -0.4 is 10.6 Å². The maximum absolute atomic E-state index is 11.8. The fourth-order valence-corrected chi connectivity index (χ4v) is 2.08. The van der Waals surface area contributed by atoms with Crippen LogP contribution in [-0.2, 0) is 4.79 Å². The molecule has 2 amide bonds. The summed E-state index contributed by atoms with van der Waals surface area (Å²) in [5, 5.41) is 14.5. The number of rotatable bonds is 6. The third-order valence-electron chi connectivity index (χ3n) is 2.65. The van der Waals surface area contributed by atoms with E-state index in [1.54, 1.807) is 18.2 Å². The minimum Gasteiger partial charge on any atom is -0.480 e. The number of hydrogen-bond acceptors (Lipinski definition) is 2. The molecule has 110 valence electrons. The molecular weight excluding hydrogens is 303 g/mol. The number of hydrogen-bond donors (Lipinski definition) is 3. The van der Waals surface area contributed by atoms with Gasteiger partial charge in [-0.2, -0.15) is 0 Å². The highest BCUT2D eigenvalue weighted by Crippen LogP contribution is 2.29. The third kappa shape index (κ3) is 4.90. The quantitative estimate of drug-likeness (QED) is 0.747. The molecule has 0 fully saturated rings. The van der Waals surface area contributed by atoms with Gasteiger partial charge in [-0.25, -0.2) is 9.59 Å². The average molecular weight is 319 g/mol. The van der Waals surface area contributed by atoms with Crippen LogP contribution in [0.4, 0.5) is 10.5 Å². The van der Waals surface area contributed by atoms with Crippen molar-refractivity contribution < 1.29 is 14.7 Å². The number of amides is 2. The van der Waals surface area contributed by atoms with E-state index in [0.717, 1.165) is 6.42 Å². The Morgan fingerprint density at radius 2 is 1.90 bits per heavy atom. The van der Waals surface area contributed by atoms with E-state index >= 15 is 0 Å². The maximum Gasteiger partial charge on any atom is 0.326 e. The van der Waals surface area contributed by atoms with E-state index < -0.39 is 18.0 Å². The second-order valence-electron chi connectivity index (χ2n) is 4.23. The number of aliphatic carboxylic acids is 1. The van der Waals surface area contributed by atoms with Gasteiger partial charge in [0.05, 0.1) is 15.7 Å². The molecule has 0 saturated carbocycles. The second-order valence-corrected chi connectivity index (χ2v) is 5.04. The van der Waals surface area contributed by atoms with Crippen LogP contribution in [0.15, 0.2) is 18.2 Å². The normalized spacial score (nSPS) is 11.8. The molecule has 0 spiro atoms. The second kappa shape index (κ2) is 7.97. The first-order chi connectivity index (χ1) is 9.45. The zero-order valence-corrected chi connectivity index (χ0v) is 12.5. The molecule has 1 aromatic rings. The highest BCUT2D eigenvalue weighted by molar-refractivity contribution is 6.39. The number of benzene rings is 1. The topological polar surface area (TPSA) is 78.4 Å². The van der Waals surface area contributed by atoms with Crippen molar-refractivity contribution in [3.05, 3.63) is 28.2 Å². The van der Waals surface area contributed by atoms with Crippen molar-refractivity contribution in [1.29, 1.82) is 0 Å². The molecule has 1 atom stereocenters. The number of anilines is 1. The third-order valence-corrected chi connectivity index (χ3v) is 3.28. The number of urea groups is 1. The van der Waals surface area contributed by atoms with E-state index in [-0.39, 0.29) is 15.7 Å². The SMILES string of the molecule is CCCCC(NC(=O)Nc1c(Cl)cccc1Cl)C(=O)O. The summed E-state index contributed by atoms with van der Waals surface area (Å²) in [7, 11) is 0. The fourth-order valence-electron chi connectivity index (χ4n) is 1.59. The van der Waals surface area contributed by atoms with Crippen molar-refractivity contribution in [3.8, 4) is 0 Å². The summed E-state index contributed by atoms with van der Waals surface area (Å²) in [6.45, 7) is 1.95. The van der Waals surface area contributed by atoms with E-state index in [2.05, 4.69) is 10.6 Å². The summed E-state index contributed by atoms with van der Waals surface area (Å²) in [6.07, 6.45) is 1.93. The monoisotopic (exact) mass is 318 g/mol. The highest BCUT2D eigenvalue weighted by atomic mass is 35.5. The molecule has 20 heavy (non-hydrogen) atoms. The molecule has 3 N–H and O–H groups in total. The number of carbonyl (C=O) groups is 2. The Bertz CT molecular complexity index is 474. The van der Waals surface area contributed by atoms with Crippen LogP contribution >= 0.6 is 23.2 Å². The van der Waals surface area contributed by atoms with Gasteiger partial charge in [0.1, 0.15) is 6.04 Å². The molecule has 0 aliphatic rings. The minimum absolute atomic E-state index is 0.257. The Kier molecular flexibility index (Phi) is 6.61. The van der Waals surface area contributed by atoms with Crippen LogP contribution in [0.5, 0.6) is 0 Å². The number of carboxylic acid groups (broad SMARTS) is 1. The number of nitrogens with one attached hydrogen (secondary N) is 2. The summed E-state index contributed by atoms with van der Waals surface area (Å²) in [5.74, 6) is -1.07. The fraction of sp³-hybridized carbons (Fsp3) is 0.385. The van der Waals surface area contributed by atoms with Crippen LogP contribution in [0.1, 0.15) is 26.2 Å². The van der Waals surface area contributed by atoms with Gasteiger partial charge in [0.2, 0.25) is 0 Å². The summed E-state index contributed by atoms with van der Waals surface area (Å²) in [4.78, 5) is 22.8. The van der Waals surface area contributed by atoms with Crippen molar-refractivity contribution in [1.82, 2.24) is 5.32 Å². The zero-order valence-electron chi connectivity index (χ0n) is 11.0. The summed E-state index contributed by atoms with van der Waals surface area (Å²) in [6, 6.07) is 3.22. The molecule has 0 aromatic heterocycles. The smallest absolute Gasteiger partial charge is 0.326 e. The molecule has 0 saturated heterocycles. The molecule has 0 aliphatic heterocycles. The lowest BCUT2D eigenvalue weighted by molar-refractivity contribution is -0.139. The standard InChI is InChI=1S/C13H16Cl2N2O3/c1-2-3-7-10(12(18)19)16-13(20)17-11-8(14)5-4-6-9(11)15/h4-6,10H,2-3,7H2,1H3,(H,18,19)(H2,16,17,20). The zero-order chi connectivity index (χ0) is 15.1. The van der Waals surface area contributed by atoms with Gasteiger partial charge in [-0.05, 0) is 18.6 Å². The van der Waals surface area contributed by atoms with Gasteiger partial charge in [-0.3, -0.25) is 0 Å². The van der Waals surface area contributed by atoms with Gasteiger partial charge in [0, 0.05) is 0 Å². The summed E-state index contributed by atoms with van der Waals surface area (Å²) in [5.41, 5.74) is 0.257. The average Bonchev–Trinajstić information content (AvgIpc) is 2.38. The van der Waals surface area contributed by atoms with Crippen molar-refractivity contribution >= 4 is 40.9 Å². The van der Waals surface area contributed by atoms with Crippen LogP contribution in [-0.4, -0.2) is 23.1 Å². The summed E-state index contributed by atoms with van der Waals surface area (Å²) >= 11 is 11.8. The van der Waals surface area contributed by atoms with Gasteiger partial charge in [0.15, 0.2) is 0 Å². The largest absolute Gasteiger partial charge is 0.480 e. The molecule has 1 unspecified atom stereocenters. The van der Waals surface area contributed by atoms with E-state index in [1.807, 2.05) is 6.92 Å². The predicted octanol–water partition coefficient (Wildman–Crippen LogP) is 3.76. The minimum atomic E-state index is -1.07. The number of para-hydroxylation sites is 1. The first kappa shape index (κ1) is 16.6. The molecular formula is C13H16Cl2N2O3. The van der Waals surface area contributed by atoms with Crippen LogP contribution in [0.3, 0.4) is 0 Å². The van der Waals surface area contributed by atoms with Gasteiger partial charge < -0.3 is 15.7 Å². The molecule has 0 bridgehead atoms. The molecule has 0 aliphatic carbocycles. The van der Waals surface area contributed by atoms with Gasteiger partial charge in [-0.1, -0.05) is 49.0 Å². The van der Waals surface area contributed by atoms with Gasteiger partial charge >= 0.3 is 12.0 Å². The van der Waals surface area contributed by atoms with Crippen molar-refractivity contribution in [3.63, 3.8) is 0 Å².